The Morgan fingerprint density at radius 2 is 2.00 bits per heavy atom. The summed E-state index contributed by atoms with van der Waals surface area (Å²) in [6, 6.07) is 6.76. The number of rotatable bonds is 5. The van der Waals surface area contributed by atoms with Crippen molar-refractivity contribution in [3.63, 3.8) is 0 Å². The molecule has 0 spiro atoms. The Bertz CT molecular complexity index is 452. The van der Waals surface area contributed by atoms with E-state index in [1.54, 1.807) is 45.0 Å². The topological polar surface area (TPSA) is 69.4 Å². The van der Waals surface area contributed by atoms with Gasteiger partial charge >= 0.3 is 5.97 Å². The van der Waals surface area contributed by atoms with Crippen LogP contribution in [0.15, 0.2) is 24.3 Å². The molecule has 0 atom stereocenters. The average molecular weight is 249 g/mol. The van der Waals surface area contributed by atoms with Gasteiger partial charge in [0.05, 0.1) is 13.0 Å². The second kappa shape index (κ2) is 5.67. The van der Waals surface area contributed by atoms with Gasteiger partial charge in [-0.25, -0.2) is 0 Å². The van der Waals surface area contributed by atoms with Crippen molar-refractivity contribution in [2.45, 2.75) is 27.2 Å². The van der Waals surface area contributed by atoms with Crippen molar-refractivity contribution in [3.05, 3.63) is 29.8 Å². The minimum atomic E-state index is -0.792. The quantitative estimate of drug-likeness (QED) is 0.494. The Hall–Kier alpha value is -1.84. The smallest absolute Gasteiger partial charge is 0.306 e. The fourth-order valence-electron chi connectivity index (χ4n) is 1.72. The molecule has 4 heteroatoms. The Kier molecular flexibility index (Phi) is 4.48. The first-order valence-corrected chi connectivity index (χ1v) is 5.93. The van der Waals surface area contributed by atoms with Gasteiger partial charge in [0.25, 0.3) is 0 Å². The van der Waals surface area contributed by atoms with Crippen molar-refractivity contribution in [2.24, 2.45) is 5.41 Å². The Balaban J connectivity index is 2.84. The van der Waals surface area contributed by atoms with Gasteiger partial charge in [-0.1, -0.05) is 26.0 Å². The molecule has 0 aromatic heterocycles. The number of esters is 1. The summed E-state index contributed by atoms with van der Waals surface area (Å²) in [5.74, 6) is -0.470. The van der Waals surface area contributed by atoms with Crippen LogP contribution in [-0.2, 0) is 9.53 Å². The summed E-state index contributed by atoms with van der Waals surface area (Å²) in [5.41, 5.74) is 5.91. The lowest BCUT2D eigenvalue weighted by molar-refractivity contribution is -0.144. The van der Waals surface area contributed by atoms with Crippen molar-refractivity contribution >= 4 is 17.4 Å². The predicted octanol–water partition coefficient (Wildman–Crippen LogP) is 2.43. The molecule has 1 aromatic rings. The Labute approximate surface area is 107 Å². The summed E-state index contributed by atoms with van der Waals surface area (Å²) in [6.07, 6.45) is 0.0640. The maximum absolute atomic E-state index is 12.3. The van der Waals surface area contributed by atoms with E-state index in [1.165, 1.54) is 0 Å². The zero-order valence-corrected chi connectivity index (χ0v) is 11.0. The van der Waals surface area contributed by atoms with E-state index >= 15 is 0 Å². The molecule has 0 radical (unpaired) electrons. The van der Waals surface area contributed by atoms with E-state index < -0.39 is 5.41 Å². The second-order valence-electron chi connectivity index (χ2n) is 4.82. The lowest BCUT2D eigenvalue weighted by Crippen LogP contribution is -2.28. The molecule has 0 aliphatic rings. The van der Waals surface area contributed by atoms with Crippen LogP contribution in [0.3, 0.4) is 0 Å². The van der Waals surface area contributed by atoms with E-state index in [0.717, 1.165) is 0 Å². The van der Waals surface area contributed by atoms with Crippen molar-refractivity contribution in [1.82, 2.24) is 0 Å². The Morgan fingerprint density at radius 3 is 2.56 bits per heavy atom. The van der Waals surface area contributed by atoms with Crippen molar-refractivity contribution in [2.75, 3.05) is 12.3 Å². The van der Waals surface area contributed by atoms with Crippen LogP contribution in [0.2, 0.25) is 0 Å². The molecular weight excluding hydrogens is 230 g/mol. The van der Waals surface area contributed by atoms with Gasteiger partial charge < -0.3 is 10.5 Å². The average Bonchev–Trinajstić information content (AvgIpc) is 2.27. The van der Waals surface area contributed by atoms with Crippen LogP contribution in [0.5, 0.6) is 0 Å². The third kappa shape index (κ3) is 3.58. The molecule has 0 unspecified atom stereocenters. The molecule has 18 heavy (non-hydrogen) atoms. The summed E-state index contributed by atoms with van der Waals surface area (Å²) in [7, 11) is 0. The third-order valence-corrected chi connectivity index (χ3v) is 2.66. The highest BCUT2D eigenvalue weighted by atomic mass is 16.5. The highest BCUT2D eigenvalue weighted by molar-refractivity contribution is 6.02. The molecule has 98 valence electrons. The molecular formula is C14H19NO3. The summed E-state index contributed by atoms with van der Waals surface area (Å²) < 4.78 is 4.87. The zero-order valence-electron chi connectivity index (χ0n) is 11.0. The van der Waals surface area contributed by atoms with E-state index in [-0.39, 0.29) is 18.2 Å². The second-order valence-corrected chi connectivity index (χ2v) is 4.82. The van der Waals surface area contributed by atoms with Gasteiger partial charge in [0.1, 0.15) is 0 Å². The minimum Gasteiger partial charge on any atom is -0.466 e. The zero-order chi connectivity index (χ0) is 13.8. The minimum absolute atomic E-state index is 0.0640. The fourth-order valence-corrected chi connectivity index (χ4v) is 1.72. The predicted molar refractivity (Wildman–Crippen MR) is 70.2 cm³/mol. The molecule has 0 fully saturated rings. The summed E-state index contributed by atoms with van der Waals surface area (Å²) in [6.45, 7) is 5.52. The van der Waals surface area contributed by atoms with E-state index in [4.69, 9.17) is 10.5 Å². The largest absolute Gasteiger partial charge is 0.466 e. The van der Waals surface area contributed by atoms with Crippen LogP contribution in [-0.4, -0.2) is 18.4 Å². The number of benzene rings is 1. The number of Topliss-reactive ketones (excluding diaryl/α,β-unsaturated/α-hetero) is 1. The van der Waals surface area contributed by atoms with Gasteiger partial charge in [-0.05, 0) is 19.1 Å². The summed E-state index contributed by atoms with van der Waals surface area (Å²) >= 11 is 0. The molecule has 1 rings (SSSR count). The van der Waals surface area contributed by atoms with Crippen LogP contribution >= 0.6 is 0 Å². The summed E-state index contributed by atoms with van der Waals surface area (Å²) in [4.78, 5) is 23.8. The normalized spacial score (nSPS) is 11.1. The lowest BCUT2D eigenvalue weighted by atomic mass is 9.81. The van der Waals surface area contributed by atoms with Gasteiger partial charge in [-0.3, -0.25) is 9.59 Å². The lowest BCUT2D eigenvalue weighted by Gasteiger charge is -2.22. The molecule has 0 bridgehead atoms. The first-order chi connectivity index (χ1) is 8.36. The standard InChI is InChI=1S/C14H19NO3/c1-4-18-12(16)9-14(2,3)13(17)10-6-5-7-11(15)8-10/h5-8H,4,9,15H2,1-3H3. The molecule has 0 saturated carbocycles. The number of ether oxygens (including phenoxy) is 1. The van der Waals surface area contributed by atoms with Crippen molar-refractivity contribution < 1.29 is 14.3 Å². The Morgan fingerprint density at radius 1 is 1.33 bits per heavy atom. The molecule has 2 N–H and O–H groups in total. The van der Waals surface area contributed by atoms with Crippen molar-refractivity contribution in [1.29, 1.82) is 0 Å². The molecule has 0 aliphatic heterocycles. The molecule has 0 saturated heterocycles. The summed E-state index contributed by atoms with van der Waals surface area (Å²) in [5, 5.41) is 0. The first kappa shape index (κ1) is 14.2. The fraction of sp³-hybridized carbons (Fsp3) is 0.429. The number of anilines is 1. The van der Waals surface area contributed by atoms with Crippen LogP contribution in [0.25, 0.3) is 0 Å². The number of ketones is 1. The van der Waals surface area contributed by atoms with Crippen LogP contribution in [0.4, 0.5) is 5.69 Å². The monoisotopic (exact) mass is 249 g/mol. The molecule has 4 nitrogen and oxygen atoms in total. The number of hydrogen-bond donors (Lipinski definition) is 1. The van der Waals surface area contributed by atoms with E-state index in [9.17, 15) is 9.59 Å². The molecule has 0 heterocycles. The molecule has 0 amide bonds. The van der Waals surface area contributed by atoms with Crippen LogP contribution < -0.4 is 5.73 Å². The highest BCUT2D eigenvalue weighted by Crippen LogP contribution is 2.27. The van der Waals surface area contributed by atoms with E-state index in [0.29, 0.717) is 17.9 Å². The van der Waals surface area contributed by atoms with Gasteiger partial charge in [0.15, 0.2) is 5.78 Å². The maximum atomic E-state index is 12.3. The van der Waals surface area contributed by atoms with Crippen molar-refractivity contribution in [3.8, 4) is 0 Å². The number of carbonyl (C=O) groups excluding carboxylic acids is 2. The van der Waals surface area contributed by atoms with Gasteiger partial charge in [-0.15, -0.1) is 0 Å². The molecule has 0 aliphatic carbocycles. The number of nitrogen functional groups attached to an aromatic ring is 1. The van der Waals surface area contributed by atoms with Crippen LogP contribution in [0.1, 0.15) is 37.6 Å². The first-order valence-electron chi connectivity index (χ1n) is 5.93. The van der Waals surface area contributed by atoms with E-state index in [1.807, 2.05) is 0 Å². The number of hydrogen-bond acceptors (Lipinski definition) is 4. The van der Waals surface area contributed by atoms with Gasteiger partial charge in [-0.2, -0.15) is 0 Å². The number of nitrogens with two attached hydrogens (primary N) is 1. The SMILES string of the molecule is CCOC(=O)CC(C)(C)C(=O)c1cccc(N)c1. The molecule has 1 aromatic carbocycles. The van der Waals surface area contributed by atoms with Gasteiger partial charge in [0.2, 0.25) is 0 Å². The number of carbonyl (C=O) groups is 2. The van der Waals surface area contributed by atoms with E-state index in [2.05, 4.69) is 0 Å². The third-order valence-electron chi connectivity index (χ3n) is 2.66. The maximum Gasteiger partial charge on any atom is 0.306 e. The van der Waals surface area contributed by atoms with Crippen LogP contribution in [0, 0.1) is 5.41 Å². The highest BCUT2D eigenvalue weighted by Gasteiger charge is 2.31. The van der Waals surface area contributed by atoms with Gasteiger partial charge in [0, 0.05) is 16.7 Å².